The zero-order valence-electron chi connectivity index (χ0n) is 7.72. The first-order valence-electron chi connectivity index (χ1n) is 4.14. The van der Waals surface area contributed by atoms with Crippen LogP contribution in [-0.2, 0) is 0 Å². The fourth-order valence-electron chi connectivity index (χ4n) is 1.32. The van der Waals surface area contributed by atoms with Gasteiger partial charge >= 0.3 is 0 Å². The molecule has 8 heteroatoms. The first kappa shape index (κ1) is 10.4. The van der Waals surface area contributed by atoms with Crippen LogP contribution >= 0.6 is 11.6 Å². The molecule has 1 aromatic carbocycles. The Bertz CT molecular complexity index is 592. The molecule has 2 N–H and O–H groups in total. The fourth-order valence-corrected chi connectivity index (χ4v) is 1.46. The lowest BCUT2D eigenvalue weighted by Gasteiger charge is -1.93. The molecule has 0 atom stereocenters. The molecule has 0 amide bonds. The van der Waals surface area contributed by atoms with E-state index in [2.05, 4.69) is 15.4 Å². The quantitative estimate of drug-likeness (QED) is 0.362. The van der Waals surface area contributed by atoms with Gasteiger partial charge in [-0.05, 0) is 6.07 Å². The van der Waals surface area contributed by atoms with Crippen LogP contribution in [0.15, 0.2) is 23.4 Å². The monoisotopic (exact) mass is 240 g/mol. The number of nitrogens with zero attached hydrogens (tertiary/aromatic N) is 3. The number of aromatic amines is 1. The molecular weight excluding hydrogens is 236 g/mol. The van der Waals surface area contributed by atoms with Crippen LogP contribution < -0.4 is 0 Å². The number of nitro benzene ring substituents is 1. The van der Waals surface area contributed by atoms with E-state index in [0.717, 1.165) is 0 Å². The molecule has 0 saturated carbocycles. The Morgan fingerprint density at radius 3 is 3.00 bits per heavy atom. The van der Waals surface area contributed by atoms with E-state index in [1.54, 1.807) is 0 Å². The lowest BCUT2D eigenvalue weighted by Crippen LogP contribution is -1.93. The van der Waals surface area contributed by atoms with Crippen LogP contribution in [0.3, 0.4) is 0 Å². The number of nitrogens with one attached hydrogen (secondary N) is 1. The van der Waals surface area contributed by atoms with Gasteiger partial charge in [0, 0.05) is 17.5 Å². The average Bonchev–Trinajstić information content (AvgIpc) is 2.70. The highest BCUT2D eigenvalue weighted by Gasteiger charge is 2.14. The summed E-state index contributed by atoms with van der Waals surface area (Å²) in [5, 5.41) is 28.5. The van der Waals surface area contributed by atoms with Gasteiger partial charge in [0.15, 0.2) is 5.17 Å². The number of oxime groups is 1. The van der Waals surface area contributed by atoms with Gasteiger partial charge < -0.3 is 5.21 Å². The van der Waals surface area contributed by atoms with E-state index in [1.165, 1.54) is 18.2 Å². The number of halogens is 1. The highest BCUT2D eigenvalue weighted by molar-refractivity contribution is 6.70. The van der Waals surface area contributed by atoms with E-state index in [0.29, 0.717) is 10.9 Å². The number of H-pyrrole nitrogens is 1. The van der Waals surface area contributed by atoms with Gasteiger partial charge in [-0.15, -0.1) is 0 Å². The van der Waals surface area contributed by atoms with Crippen molar-refractivity contribution in [1.29, 1.82) is 0 Å². The van der Waals surface area contributed by atoms with Crippen LogP contribution in [0.1, 0.15) is 5.69 Å². The summed E-state index contributed by atoms with van der Waals surface area (Å²) in [4.78, 5) is 10.1. The Labute approximate surface area is 93.5 Å². The number of non-ortho nitro benzene ring substituents is 1. The predicted octanol–water partition coefficient (Wildman–Crippen LogP) is 1.85. The van der Waals surface area contributed by atoms with E-state index < -0.39 is 4.92 Å². The van der Waals surface area contributed by atoms with Crippen molar-refractivity contribution >= 4 is 33.4 Å². The summed E-state index contributed by atoms with van der Waals surface area (Å²) in [6, 6.07) is 4.15. The molecule has 1 heterocycles. The summed E-state index contributed by atoms with van der Waals surface area (Å²) in [5.41, 5.74) is 0.655. The van der Waals surface area contributed by atoms with Crippen molar-refractivity contribution in [2.24, 2.45) is 5.16 Å². The van der Waals surface area contributed by atoms with E-state index >= 15 is 0 Å². The number of aromatic nitrogens is 2. The first-order chi connectivity index (χ1) is 7.63. The summed E-state index contributed by atoms with van der Waals surface area (Å²) >= 11 is 5.59. The van der Waals surface area contributed by atoms with Crippen LogP contribution in [0.4, 0.5) is 5.69 Å². The molecule has 16 heavy (non-hydrogen) atoms. The Morgan fingerprint density at radius 1 is 1.62 bits per heavy atom. The smallest absolute Gasteiger partial charge is 0.270 e. The molecule has 2 rings (SSSR count). The van der Waals surface area contributed by atoms with Crippen molar-refractivity contribution in [2.75, 3.05) is 0 Å². The molecule has 0 aliphatic rings. The van der Waals surface area contributed by atoms with Crippen LogP contribution in [0, 0.1) is 10.1 Å². The Balaban J connectivity index is 2.69. The van der Waals surface area contributed by atoms with Crippen LogP contribution in [0.25, 0.3) is 10.9 Å². The lowest BCUT2D eigenvalue weighted by atomic mass is 10.2. The van der Waals surface area contributed by atoms with Crippen molar-refractivity contribution < 1.29 is 10.1 Å². The summed E-state index contributed by atoms with van der Waals surface area (Å²) in [6.07, 6.45) is 0. The number of hydrogen-bond acceptors (Lipinski definition) is 5. The summed E-state index contributed by atoms with van der Waals surface area (Å²) in [6.45, 7) is 0. The van der Waals surface area contributed by atoms with Gasteiger partial charge in [-0.3, -0.25) is 15.2 Å². The van der Waals surface area contributed by atoms with Crippen molar-refractivity contribution in [3.8, 4) is 0 Å². The molecule has 0 saturated heterocycles. The average molecular weight is 241 g/mol. The molecule has 0 radical (unpaired) electrons. The standard InChI is InChI=1S/C8H5ClN4O3/c9-8(12-14)7-5-3-4(13(15)16)1-2-6(5)10-11-7/h1-3,14H,(H,10,11)/b12-8-. The maximum Gasteiger partial charge on any atom is 0.270 e. The molecule has 0 aliphatic heterocycles. The molecule has 1 aromatic heterocycles. The number of hydrogen-bond donors (Lipinski definition) is 2. The summed E-state index contributed by atoms with van der Waals surface area (Å²) < 4.78 is 0. The zero-order chi connectivity index (χ0) is 11.7. The van der Waals surface area contributed by atoms with Gasteiger partial charge in [-0.25, -0.2) is 0 Å². The number of benzene rings is 1. The number of fused-ring (bicyclic) bond motifs is 1. The van der Waals surface area contributed by atoms with Crippen LogP contribution in [0.5, 0.6) is 0 Å². The van der Waals surface area contributed by atoms with E-state index in [4.69, 9.17) is 16.8 Å². The topological polar surface area (TPSA) is 104 Å². The van der Waals surface area contributed by atoms with E-state index in [1.807, 2.05) is 0 Å². The highest BCUT2D eigenvalue weighted by Crippen LogP contribution is 2.23. The molecule has 7 nitrogen and oxygen atoms in total. The number of nitro groups is 1. The van der Waals surface area contributed by atoms with Gasteiger partial charge in [0.05, 0.1) is 10.4 Å². The largest absolute Gasteiger partial charge is 0.410 e. The van der Waals surface area contributed by atoms with Crippen molar-refractivity contribution in [1.82, 2.24) is 10.2 Å². The van der Waals surface area contributed by atoms with Crippen molar-refractivity contribution in [3.05, 3.63) is 34.0 Å². The van der Waals surface area contributed by atoms with Gasteiger partial charge in [-0.2, -0.15) is 5.10 Å². The van der Waals surface area contributed by atoms with E-state index in [9.17, 15) is 10.1 Å². The lowest BCUT2D eigenvalue weighted by molar-refractivity contribution is -0.384. The Hall–Kier alpha value is -2.15. The normalized spacial score (nSPS) is 11.9. The first-order valence-corrected chi connectivity index (χ1v) is 4.51. The molecule has 0 spiro atoms. The summed E-state index contributed by atoms with van der Waals surface area (Å²) in [5.74, 6) is 0. The third kappa shape index (κ3) is 1.57. The Morgan fingerprint density at radius 2 is 2.38 bits per heavy atom. The predicted molar refractivity (Wildman–Crippen MR) is 56.9 cm³/mol. The minimum Gasteiger partial charge on any atom is -0.410 e. The van der Waals surface area contributed by atoms with Crippen molar-refractivity contribution in [3.63, 3.8) is 0 Å². The van der Waals surface area contributed by atoms with Crippen molar-refractivity contribution in [2.45, 2.75) is 0 Å². The SMILES string of the molecule is O=[N+]([O-])c1ccc2[nH]nc(/C(Cl)=N/O)c2c1. The molecule has 2 aromatic rings. The zero-order valence-corrected chi connectivity index (χ0v) is 8.47. The summed E-state index contributed by atoms with van der Waals surface area (Å²) in [7, 11) is 0. The molecule has 0 aliphatic carbocycles. The fraction of sp³-hybridized carbons (Fsp3) is 0. The molecule has 0 fully saturated rings. The van der Waals surface area contributed by atoms with Gasteiger partial charge in [0.2, 0.25) is 0 Å². The van der Waals surface area contributed by atoms with Gasteiger partial charge in [0.25, 0.3) is 5.69 Å². The molecule has 0 unspecified atom stereocenters. The minimum atomic E-state index is -0.528. The van der Waals surface area contributed by atoms with Crippen LogP contribution in [0.2, 0.25) is 0 Å². The number of rotatable bonds is 2. The third-order valence-corrected chi connectivity index (χ3v) is 2.30. The highest BCUT2D eigenvalue weighted by atomic mass is 35.5. The maximum atomic E-state index is 10.6. The second-order valence-corrected chi connectivity index (χ2v) is 3.31. The Kier molecular flexibility index (Phi) is 2.45. The second-order valence-electron chi connectivity index (χ2n) is 2.95. The molecular formula is C8H5ClN4O3. The molecule has 82 valence electrons. The van der Waals surface area contributed by atoms with Gasteiger partial charge in [0.1, 0.15) is 5.69 Å². The minimum absolute atomic E-state index is 0.0856. The molecule has 0 bridgehead atoms. The van der Waals surface area contributed by atoms with E-state index in [-0.39, 0.29) is 16.6 Å². The van der Waals surface area contributed by atoms with Gasteiger partial charge in [-0.1, -0.05) is 16.8 Å². The van der Waals surface area contributed by atoms with Crippen LogP contribution in [-0.4, -0.2) is 25.5 Å². The second kappa shape index (κ2) is 3.78. The maximum absolute atomic E-state index is 10.6. The third-order valence-electron chi connectivity index (χ3n) is 2.04.